The van der Waals surface area contributed by atoms with Crippen LogP contribution in [0.25, 0.3) is 0 Å². The van der Waals surface area contributed by atoms with Gasteiger partial charge in [0.1, 0.15) is 5.92 Å². The summed E-state index contributed by atoms with van der Waals surface area (Å²) in [5.74, 6) is -1.64. The molecule has 10 heteroatoms. The highest BCUT2D eigenvalue weighted by atomic mass is 32.1. The van der Waals surface area contributed by atoms with Gasteiger partial charge in [-0.3, -0.25) is 19.4 Å². The summed E-state index contributed by atoms with van der Waals surface area (Å²) in [6.45, 7) is 10.2. The topological polar surface area (TPSA) is 116 Å². The van der Waals surface area contributed by atoms with Gasteiger partial charge in [0.2, 0.25) is 0 Å². The second kappa shape index (κ2) is 11.1. The number of thiophene rings is 1. The van der Waals surface area contributed by atoms with Crippen molar-refractivity contribution in [2.75, 3.05) is 5.01 Å². The van der Waals surface area contributed by atoms with Crippen molar-refractivity contribution in [3.63, 3.8) is 0 Å². The highest BCUT2D eigenvalue weighted by Crippen LogP contribution is 2.28. The van der Waals surface area contributed by atoms with Crippen LogP contribution in [0.4, 0.5) is 5.69 Å². The lowest BCUT2D eigenvalue weighted by Crippen LogP contribution is -2.33. The molecule has 0 spiro atoms. The number of hydrazone groups is 2. The molecule has 9 nitrogen and oxygen atoms in total. The standard InChI is InChI=1S/C28H30N6O3S/c1-17(24-18(2)33-34(27(24)37)21-8-6-20(7-9-21)28(3,4)5)31-32-26(36)23-11-10-22(38-23)25(35)30-16-19-12-14-29-15-13-19/h6-15,24H,16H2,1-5H3,(H,30,35)(H,32,36)/b31-17+. The summed E-state index contributed by atoms with van der Waals surface area (Å²) in [6, 6.07) is 14.6. The lowest BCUT2D eigenvalue weighted by molar-refractivity contribution is -0.118. The number of amides is 3. The molecule has 2 aromatic heterocycles. The minimum absolute atomic E-state index is 0.00390. The Bertz CT molecular complexity index is 1400. The van der Waals surface area contributed by atoms with Gasteiger partial charge in [0.05, 0.1) is 26.9 Å². The Balaban J connectivity index is 1.37. The average molecular weight is 531 g/mol. The van der Waals surface area contributed by atoms with E-state index in [0.29, 0.717) is 33.4 Å². The van der Waals surface area contributed by atoms with E-state index in [0.717, 1.165) is 22.5 Å². The molecule has 1 aliphatic rings. The Morgan fingerprint density at radius 1 is 1.00 bits per heavy atom. The van der Waals surface area contributed by atoms with Crippen molar-refractivity contribution in [2.24, 2.45) is 16.1 Å². The minimum Gasteiger partial charge on any atom is -0.347 e. The van der Waals surface area contributed by atoms with Crippen LogP contribution >= 0.6 is 11.3 Å². The van der Waals surface area contributed by atoms with Gasteiger partial charge in [0.25, 0.3) is 17.7 Å². The van der Waals surface area contributed by atoms with E-state index in [1.807, 2.05) is 36.4 Å². The Kier molecular flexibility index (Phi) is 7.82. The number of hydrogen-bond donors (Lipinski definition) is 2. The lowest BCUT2D eigenvalue weighted by atomic mass is 9.87. The molecule has 196 valence electrons. The molecule has 4 rings (SSSR count). The van der Waals surface area contributed by atoms with E-state index in [9.17, 15) is 14.4 Å². The summed E-state index contributed by atoms with van der Waals surface area (Å²) >= 11 is 1.07. The SMILES string of the molecule is CC1=NN(c2ccc(C(C)(C)C)cc2)C(=O)C1/C(C)=N/NC(=O)c1ccc(C(=O)NCc2ccncc2)s1. The zero-order chi connectivity index (χ0) is 27.4. The number of rotatable bonds is 7. The van der Waals surface area contributed by atoms with Crippen molar-refractivity contribution in [3.8, 4) is 0 Å². The van der Waals surface area contributed by atoms with Gasteiger partial charge in [-0.1, -0.05) is 32.9 Å². The number of nitrogens with zero attached hydrogens (tertiary/aromatic N) is 4. The summed E-state index contributed by atoms with van der Waals surface area (Å²) in [7, 11) is 0. The Hall–Kier alpha value is -4.18. The zero-order valence-electron chi connectivity index (χ0n) is 22.0. The third-order valence-corrected chi connectivity index (χ3v) is 7.20. The van der Waals surface area contributed by atoms with E-state index >= 15 is 0 Å². The van der Waals surface area contributed by atoms with Crippen molar-refractivity contribution >= 4 is 46.2 Å². The fourth-order valence-corrected chi connectivity index (χ4v) is 4.76. The van der Waals surface area contributed by atoms with Gasteiger partial charge in [-0.2, -0.15) is 15.2 Å². The maximum Gasteiger partial charge on any atom is 0.281 e. The van der Waals surface area contributed by atoms with Gasteiger partial charge in [-0.25, -0.2) is 5.43 Å². The van der Waals surface area contributed by atoms with Crippen molar-refractivity contribution in [1.82, 2.24) is 15.7 Å². The quantitative estimate of drug-likeness (QED) is 0.345. The summed E-state index contributed by atoms with van der Waals surface area (Å²) in [5, 5.41) is 12.8. The van der Waals surface area contributed by atoms with E-state index in [4.69, 9.17) is 0 Å². The Labute approximate surface area is 225 Å². The first-order chi connectivity index (χ1) is 18.0. The molecule has 3 aromatic rings. The average Bonchev–Trinajstić information content (AvgIpc) is 3.50. The van der Waals surface area contributed by atoms with Crippen molar-refractivity contribution < 1.29 is 14.4 Å². The molecule has 2 N–H and O–H groups in total. The summed E-state index contributed by atoms with van der Waals surface area (Å²) in [4.78, 5) is 43.0. The maximum absolute atomic E-state index is 13.2. The van der Waals surface area contributed by atoms with Crippen LogP contribution in [0.3, 0.4) is 0 Å². The van der Waals surface area contributed by atoms with Crippen LogP contribution in [0.1, 0.15) is 65.1 Å². The number of carbonyl (C=O) groups is 3. The minimum atomic E-state index is -0.671. The molecular weight excluding hydrogens is 500 g/mol. The van der Waals surface area contributed by atoms with Crippen molar-refractivity contribution in [1.29, 1.82) is 0 Å². The van der Waals surface area contributed by atoms with Crippen molar-refractivity contribution in [3.05, 3.63) is 81.8 Å². The normalized spacial score (nSPS) is 15.9. The monoisotopic (exact) mass is 530 g/mol. The molecule has 1 atom stereocenters. The van der Waals surface area contributed by atoms with Crippen molar-refractivity contribution in [2.45, 2.75) is 46.6 Å². The van der Waals surface area contributed by atoms with Crippen LogP contribution in [0.2, 0.25) is 0 Å². The predicted octanol–water partition coefficient (Wildman–Crippen LogP) is 4.52. The first-order valence-corrected chi connectivity index (χ1v) is 13.0. The third-order valence-electron chi connectivity index (χ3n) is 6.12. The molecule has 0 bridgehead atoms. The third kappa shape index (κ3) is 6.03. The van der Waals surface area contributed by atoms with Crippen LogP contribution in [0, 0.1) is 5.92 Å². The van der Waals surface area contributed by atoms with Gasteiger partial charge >= 0.3 is 0 Å². The number of hydrogen-bond acceptors (Lipinski definition) is 7. The number of benzene rings is 1. The Morgan fingerprint density at radius 2 is 1.63 bits per heavy atom. The smallest absolute Gasteiger partial charge is 0.281 e. The first-order valence-electron chi connectivity index (χ1n) is 12.2. The summed E-state index contributed by atoms with van der Waals surface area (Å²) < 4.78 is 0. The molecule has 0 saturated carbocycles. The van der Waals surface area contributed by atoms with Gasteiger partial charge in [-0.15, -0.1) is 11.3 Å². The summed E-state index contributed by atoms with van der Waals surface area (Å²) in [5.41, 5.74) is 6.28. The predicted molar refractivity (Wildman–Crippen MR) is 150 cm³/mol. The molecule has 0 saturated heterocycles. The largest absolute Gasteiger partial charge is 0.347 e. The van der Waals surface area contributed by atoms with E-state index in [-0.39, 0.29) is 17.2 Å². The number of nitrogens with one attached hydrogen (secondary N) is 2. The molecule has 1 aliphatic heterocycles. The summed E-state index contributed by atoms with van der Waals surface area (Å²) in [6.07, 6.45) is 3.32. The molecule has 3 heterocycles. The highest BCUT2D eigenvalue weighted by Gasteiger charge is 2.36. The first kappa shape index (κ1) is 26.9. The molecule has 3 amide bonds. The van der Waals surface area contributed by atoms with Gasteiger partial charge in [-0.05, 0) is 66.8 Å². The number of carbonyl (C=O) groups excluding carboxylic acids is 3. The molecule has 1 unspecified atom stereocenters. The molecule has 0 aliphatic carbocycles. The molecule has 1 aromatic carbocycles. The molecule has 0 fully saturated rings. The van der Waals surface area contributed by atoms with E-state index < -0.39 is 11.8 Å². The van der Waals surface area contributed by atoms with E-state index in [1.165, 1.54) is 5.01 Å². The zero-order valence-corrected chi connectivity index (χ0v) is 22.8. The van der Waals surface area contributed by atoms with Gasteiger partial charge < -0.3 is 5.32 Å². The molecular formula is C28H30N6O3S. The van der Waals surface area contributed by atoms with Crippen LogP contribution in [-0.4, -0.2) is 34.1 Å². The van der Waals surface area contributed by atoms with Crippen LogP contribution < -0.4 is 15.8 Å². The highest BCUT2D eigenvalue weighted by molar-refractivity contribution is 7.15. The molecule has 38 heavy (non-hydrogen) atoms. The van der Waals surface area contributed by atoms with E-state index in [2.05, 4.69) is 46.7 Å². The second-order valence-electron chi connectivity index (χ2n) is 10.0. The Morgan fingerprint density at radius 3 is 2.26 bits per heavy atom. The maximum atomic E-state index is 13.2. The van der Waals surface area contributed by atoms with Crippen LogP contribution in [0.5, 0.6) is 0 Å². The number of aromatic nitrogens is 1. The number of pyridine rings is 1. The number of anilines is 1. The molecule has 0 radical (unpaired) electrons. The van der Waals surface area contributed by atoms with Crippen LogP contribution in [0.15, 0.2) is 71.1 Å². The van der Waals surface area contributed by atoms with Gasteiger partial charge in [0.15, 0.2) is 0 Å². The fourth-order valence-electron chi connectivity index (χ4n) is 3.94. The van der Waals surface area contributed by atoms with Gasteiger partial charge in [0, 0.05) is 18.9 Å². The lowest BCUT2D eigenvalue weighted by Gasteiger charge is -2.20. The second-order valence-corrected chi connectivity index (χ2v) is 11.1. The van der Waals surface area contributed by atoms with E-state index in [1.54, 1.807) is 38.4 Å². The van der Waals surface area contributed by atoms with Crippen LogP contribution in [-0.2, 0) is 16.8 Å². The fraction of sp³-hybridized carbons (Fsp3) is 0.286.